The molecule has 0 spiro atoms. The molecule has 4 aromatic rings. The standard InChI is InChI=1S/C23H21N3O3S2/c1-3-16-9-11-19(12-10-16)31(28,29)26-18-13-15(2)21-20(14-18)30-23(24-21)25-22(27)17-7-5-4-6-8-17/h4-14,26H,3H2,1-2H3,(H,24,25,27). The van der Waals surface area contributed by atoms with E-state index in [2.05, 4.69) is 15.0 Å². The molecule has 0 atom stereocenters. The highest BCUT2D eigenvalue weighted by molar-refractivity contribution is 7.92. The molecule has 1 heterocycles. The Labute approximate surface area is 185 Å². The SMILES string of the molecule is CCc1ccc(S(=O)(=O)Nc2cc(C)c3nc(NC(=O)c4ccccc4)sc3c2)cc1. The maximum atomic E-state index is 12.8. The molecule has 1 aromatic heterocycles. The Morgan fingerprint density at radius 1 is 1.03 bits per heavy atom. The van der Waals surface area contributed by atoms with E-state index in [0.717, 1.165) is 27.8 Å². The van der Waals surface area contributed by atoms with E-state index in [0.29, 0.717) is 16.4 Å². The first-order valence-corrected chi connectivity index (χ1v) is 12.0. The Kier molecular flexibility index (Phi) is 5.75. The summed E-state index contributed by atoms with van der Waals surface area (Å²) >= 11 is 1.30. The summed E-state index contributed by atoms with van der Waals surface area (Å²) in [7, 11) is -3.71. The molecule has 2 N–H and O–H groups in total. The predicted molar refractivity (Wildman–Crippen MR) is 125 cm³/mol. The summed E-state index contributed by atoms with van der Waals surface area (Å²) < 4.78 is 29.0. The normalized spacial score (nSPS) is 11.4. The number of aryl methyl sites for hydroxylation is 2. The van der Waals surface area contributed by atoms with E-state index in [9.17, 15) is 13.2 Å². The number of carbonyl (C=O) groups excluding carboxylic acids is 1. The van der Waals surface area contributed by atoms with Crippen LogP contribution in [0.1, 0.15) is 28.4 Å². The highest BCUT2D eigenvalue weighted by atomic mass is 32.2. The van der Waals surface area contributed by atoms with Crippen LogP contribution >= 0.6 is 11.3 Å². The van der Waals surface area contributed by atoms with E-state index in [1.165, 1.54) is 11.3 Å². The molecular weight excluding hydrogens is 430 g/mol. The molecular formula is C23H21N3O3S2. The molecule has 0 saturated carbocycles. The van der Waals surface area contributed by atoms with Crippen LogP contribution in [-0.4, -0.2) is 19.3 Å². The quantitative estimate of drug-likeness (QED) is 0.421. The summed E-state index contributed by atoms with van der Waals surface area (Å²) in [6.45, 7) is 3.88. The number of anilines is 2. The molecule has 0 aliphatic rings. The number of aromatic nitrogens is 1. The summed E-state index contributed by atoms with van der Waals surface area (Å²) in [6, 6.07) is 19.2. The van der Waals surface area contributed by atoms with Gasteiger partial charge in [0.15, 0.2) is 5.13 Å². The molecule has 4 rings (SSSR count). The minimum atomic E-state index is -3.71. The largest absolute Gasteiger partial charge is 0.298 e. The van der Waals surface area contributed by atoms with Crippen LogP contribution in [0.15, 0.2) is 71.6 Å². The van der Waals surface area contributed by atoms with Gasteiger partial charge in [0.25, 0.3) is 15.9 Å². The number of nitrogens with zero attached hydrogens (tertiary/aromatic N) is 1. The minimum absolute atomic E-state index is 0.211. The first-order valence-electron chi connectivity index (χ1n) is 9.75. The molecule has 0 aliphatic carbocycles. The van der Waals surface area contributed by atoms with Crippen molar-refractivity contribution >= 4 is 48.3 Å². The van der Waals surface area contributed by atoms with Crippen molar-refractivity contribution in [1.29, 1.82) is 0 Å². The molecule has 8 heteroatoms. The minimum Gasteiger partial charge on any atom is -0.298 e. The second-order valence-corrected chi connectivity index (χ2v) is 9.80. The number of carbonyl (C=O) groups is 1. The van der Waals surface area contributed by atoms with Gasteiger partial charge < -0.3 is 0 Å². The molecule has 0 fully saturated rings. The third-order valence-corrected chi connectivity index (χ3v) is 7.15. The number of hydrogen-bond donors (Lipinski definition) is 2. The number of fused-ring (bicyclic) bond motifs is 1. The van der Waals surface area contributed by atoms with E-state index >= 15 is 0 Å². The number of sulfonamides is 1. The fourth-order valence-electron chi connectivity index (χ4n) is 3.19. The van der Waals surface area contributed by atoms with Crippen molar-refractivity contribution in [3.63, 3.8) is 0 Å². The van der Waals surface area contributed by atoms with Crippen LogP contribution in [0.25, 0.3) is 10.2 Å². The van der Waals surface area contributed by atoms with E-state index in [1.54, 1.807) is 48.5 Å². The maximum Gasteiger partial charge on any atom is 0.261 e. The van der Waals surface area contributed by atoms with Crippen molar-refractivity contribution in [3.05, 3.63) is 83.4 Å². The molecule has 158 valence electrons. The van der Waals surface area contributed by atoms with Gasteiger partial charge in [-0.25, -0.2) is 13.4 Å². The molecule has 0 bridgehead atoms. The van der Waals surface area contributed by atoms with Crippen LogP contribution in [-0.2, 0) is 16.4 Å². The lowest BCUT2D eigenvalue weighted by molar-refractivity contribution is 0.102. The van der Waals surface area contributed by atoms with Gasteiger partial charge >= 0.3 is 0 Å². The Morgan fingerprint density at radius 3 is 2.42 bits per heavy atom. The van der Waals surface area contributed by atoms with Gasteiger partial charge in [0.1, 0.15) is 0 Å². The van der Waals surface area contributed by atoms with Crippen molar-refractivity contribution in [1.82, 2.24) is 4.98 Å². The van der Waals surface area contributed by atoms with Crippen LogP contribution < -0.4 is 10.0 Å². The van der Waals surface area contributed by atoms with Crippen molar-refractivity contribution in [2.45, 2.75) is 25.2 Å². The van der Waals surface area contributed by atoms with Crippen LogP contribution in [0.5, 0.6) is 0 Å². The van der Waals surface area contributed by atoms with Crippen molar-refractivity contribution in [2.24, 2.45) is 0 Å². The number of benzene rings is 3. The third kappa shape index (κ3) is 4.60. The summed E-state index contributed by atoms with van der Waals surface area (Å²) in [5.74, 6) is -0.242. The van der Waals surface area contributed by atoms with Gasteiger partial charge in [-0.3, -0.25) is 14.8 Å². The summed E-state index contributed by atoms with van der Waals surface area (Å²) in [5.41, 5.74) is 3.61. The first-order chi connectivity index (χ1) is 14.9. The second-order valence-electron chi connectivity index (χ2n) is 7.08. The molecule has 1 amide bonds. The number of rotatable bonds is 6. The highest BCUT2D eigenvalue weighted by Crippen LogP contribution is 2.32. The Hall–Kier alpha value is -3.23. The predicted octanol–water partition coefficient (Wildman–Crippen LogP) is 5.22. The summed E-state index contributed by atoms with van der Waals surface area (Å²) in [4.78, 5) is 17.1. The van der Waals surface area contributed by atoms with Gasteiger partial charge in [0, 0.05) is 5.56 Å². The number of amides is 1. The molecule has 0 saturated heterocycles. The van der Waals surface area contributed by atoms with Crippen molar-refractivity contribution < 1.29 is 13.2 Å². The third-order valence-electron chi connectivity index (χ3n) is 4.84. The fourth-order valence-corrected chi connectivity index (χ4v) is 5.20. The van der Waals surface area contributed by atoms with E-state index in [-0.39, 0.29) is 10.8 Å². The van der Waals surface area contributed by atoms with E-state index in [4.69, 9.17) is 0 Å². The van der Waals surface area contributed by atoms with Gasteiger partial charge in [-0.1, -0.05) is 48.6 Å². The van der Waals surface area contributed by atoms with Crippen LogP contribution in [0, 0.1) is 6.92 Å². The molecule has 0 radical (unpaired) electrons. The topological polar surface area (TPSA) is 88.2 Å². The second kappa shape index (κ2) is 8.49. The molecule has 6 nitrogen and oxygen atoms in total. The number of hydrogen-bond acceptors (Lipinski definition) is 5. The van der Waals surface area contributed by atoms with Crippen LogP contribution in [0.2, 0.25) is 0 Å². The Balaban J connectivity index is 1.59. The summed E-state index contributed by atoms with van der Waals surface area (Å²) in [5, 5.41) is 3.27. The Bertz CT molecular complexity index is 1350. The zero-order chi connectivity index (χ0) is 22.0. The average molecular weight is 452 g/mol. The Morgan fingerprint density at radius 2 is 1.74 bits per heavy atom. The van der Waals surface area contributed by atoms with E-state index < -0.39 is 10.0 Å². The molecule has 31 heavy (non-hydrogen) atoms. The number of thiazole rings is 1. The molecule has 0 aliphatic heterocycles. The molecule has 3 aromatic carbocycles. The van der Waals surface area contributed by atoms with E-state index in [1.807, 2.05) is 32.0 Å². The first kappa shape index (κ1) is 21.0. The zero-order valence-corrected chi connectivity index (χ0v) is 18.7. The van der Waals surface area contributed by atoms with Gasteiger partial charge in [-0.05, 0) is 60.9 Å². The lowest BCUT2D eigenvalue weighted by atomic mass is 10.2. The molecule has 0 unspecified atom stereocenters. The highest BCUT2D eigenvalue weighted by Gasteiger charge is 2.17. The fraction of sp³-hybridized carbons (Fsp3) is 0.130. The van der Waals surface area contributed by atoms with Gasteiger partial charge in [-0.15, -0.1) is 0 Å². The monoisotopic (exact) mass is 451 g/mol. The number of nitrogens with one attached hydrogen (secondary N) is 2. The lowest BCUT2D eigenvalue weighted by Gasteiger charge is -2.09. The summed E-state index contributed by atoms with van der Waals surface area (Å²) in [6.07, 6.45) is 0.845. The van der Waals surface area contributed by atoms with Gasteiger partial charge in [-0.2, -0.15) is 0 Å². The van der Waals surface area contributed by atoms with Crippen LogP contribution in [0.3, 0.4) is 0 Å². The van der Waals surface area contributed by atoms with Crippen LogP contribution in [0.4, 0.5) is 10.8 Å². The zero-order valence-electron chi connectivity index (χ0n) is 17.0. The lowest BCUT2D eigenvalue weighted by Crippen LogP contribution is -2.13. The van der Waals surface area contributed by atoms with Crippen molar-refractivity contribution in [2.75, 3.05) is 10.0 Å². The van der Waals surface area contributed by atoms with Gasteiger partial charge in [0.05, 0.1) is 20.8 Å². The smallest absolute Gasteiger partial charge is 0.261 e. The maximum absolute atomic E-state index is 12.8. The average Bonchev–Trinajstić information content (AvgIpc) is 3.17. The van der Waals surface area contributed by atoms with Crippen molar-refractivity contribution in [3.8, 4) is 0 Å². The van der Waals surface area contributed by atoms with Gasteiger partial charge in [0.2, 0.25) is 0 Å².